The number of hydrogen-bond donors (Lipinski definition) is 1. The van der Waals surface area contributed by atoms with Crippen LogP contribution in [0.3, 0.4) is 0 Å². The predicted molar refractivity (Wildman–Crippen MR) is 96.2 cm³/mol. The van der Waals surface area contributed by atoms with E-state index in [0.29, 0.717) is 27.0 Å². The Balaban J connectivity index is 1.80. The molecule has 0 radical (unpaired) electrons. The van der Waals surface area contributed by atoms with Crippen LogP contribution >= 0.6 is 23.2 Å². The van der Waals surface area contributed by atoms with Crippen LogP contribution in [0.5, 0.6) is 0 Å². The number of carbonyl (C=O) groups is 2. The van der Waals surface area contributed by atoms with E-state index < -0.39 is 6.04 Å². The molecule has 4 nitrogen and oxygen atoms in total. The monoisotopic (exact) mass is 360 g/mol. The smallest absolute Gasteiger partial charge is 0.259 e. The summed E-state index contributed by atoms with van der Waals surface area (Å²) < 4.78 is 0. The van der Waals surface area contributed by atoms with Gasteiger partial charge in [0.1, 0.15) is 6.04 Å². The minimum atomic E-state index is -0.716. The SMILES string of the molecule is C=C1c2ccccc2C(=O)N1[C@@H](C)C(=O)Nc1ccc(Cl)c(Cl)c1. The summed E-state index contributed by atoms with van der Waals surface area (Å²) in [6, 6.07) is 11.3. The second-order valence-electron chi connectivity index (χ2n) is 5.46. The summed E-state index contributed by atoms with van der Waals surface area (Å²) in [6.45, 7) is 5.60. The maximum absolute atomic E-state index is 12.6. The van der Waals surface area contributed by atoms with Crippen LogP contribution in [0.4, 0.5) is 5.69 Å². The van der Waals surface area contributed by atoms with Crippen molar-refractivity contribution in [2.24, 2.45) is 0 Å². The highest BCUT2D eigenvalue weighted by Crippen LogP contribution is 2.33. The minimum absolute atomic E-state index is 0.229. The van der Waals surface area contributed by atoms with Crippen molar-refractivity contribution < 1.29 is 9.59 Å². The number of hydrogen-bond acceptors (Lipinski definition) is 2. The van der Waals surface area contributed by atoms with Crippen molar-refractivity contribution in [2.45, 2.75) is 13.0 Å². The van der Waals surface area contributed by atoms with E-state index in [4.69, 9.17) is 23.2 Å². The molecule has 0 aliphatic carbocycles. The Morgan fingerprint density at radius 3 is 2.42 bits per heavy atom. The van der Waals surface area contributed by atoms with Crippen LogP contribution in [0.25, 0.3) is 5.70 Å². The molecule has 24 heavy (non-hydrogen) atoms. The van der Waals surface area contributed by atoms with Gasteiger partial charge in [-0.15, -0.1) is 0 Å². The predicted octanol–water partition coefficient (Wildman–Crippen LogP) is 4.45. The molecule has 2 amide bonds. The van der Waals surface area contributed by atoms with Crippen molar-refractivity contribution in [3.63, 3.8) is 0 Å². The van der Waals surface area contributed by atoms with Gasteiger partial charge in [0.2, 0.25) is 5.91 Å². The minimum Gasteiger partial charge on any atom is -0.324 e. The maximum Gasteiger partial charge on any atom is 0.259 e. The second-order valence-corrected chi connectivity index (χ2v) is 6.28. The largest absolute Gasteiger partial charge is 0.324 e. The number of nitrogens with zero attached hydrogens (tertiary/aromatic N) is 1. The fraction of sp³-hybridized carbons (Fsp3) is 0.111. The van der Waals surface area contributed by atoms with Crippen molar-refractivity contribution in [3.8, 4) is 0 Å². The van der Waals surface area contributed by atoms with Crippen LogP contribution in [0, 0.1) is 0 Å². The van der Waals surface area contributed by atoms with Gasteiger partial charge in [-0.2, -0.15) is 0 Å². The topological polar surface area (TPSA) is 49.4 Å². The highest BCUT2D eigenvalue weighted by Gasteiger charge is 2.36. The molecule has 2 aromatic rings. The average Bonchev–Trinajstić information content (AvgIpc) is 2.82. The first-order valence-corrected chi connectivity index (χ1v) is 8.03. The molecule has 122 valence electrons. The molecule has 1 aliphatic rings. The number of amides is 2. The van der Waals surface area contributed by atoms with E-state index in [1.54, 1.807) is 37.3 Å². The van der Waals surface area contributed by atoms with Gasteiger partial charge in [0.15, 0.2) is 0 Å². The molecule has 1 aliphatic heterocycles. The van der Waals surface area contributed by atoms with Crippen molar-refractivity contribution in [1.29, 1.82) is 0 Å². The third kappa shape index (κ3) is 2.79. The molecule has 0 aromatic heterocycles. The van der Waals surface area contributed by atoms with Crippen molar-refractivity contribution in [1.82, 2.24) is 4.90 Å². The number of anilines is 1. The summed E-state index contributed by atoms with van der Waals surface area (Å²) in [7, 11) is 0. The lowest BCUT2D eigenvalue weighted by Crippen LogP contribution is -2.41. The van der Waals surface area contributed by atoms with Gasteiger partial charge in [0.25, 0.3) is 5.91 Å². The summed E-state index contributed by atoms with van der Waals surface area (Å²) in [5, 5.41) is 3.49. The van der Waals surface area contributed by atoms with Gasteiger partial charge in [-0.05, 0) is 31.2 Å². The van der Waals surface area contributed by atoms with Crippen LogP contribution in [-0.4, -0.2) is 22.8 Å². The zero-order chi connectivity index (χ0) is 17.4. The Morgan fingerprint density at radius 2 is 1.79 bits per heavy atom. The molecule has 2 aromatic carbocycles. The fourth-order valence-corrected chi connectivity index (χ4v) is 2.95. The second kappa shape index (κ2) is 6.30. The normalized spacial score (nSPS) is 14.5. The molecule has 0 saturated heterocycles. The van der Waals surface area contributed by atoms with Gasteiger partial charge in [-0.25, -0.2) is 0 Å². The molecule has 3 rings (SSSR count). The number of rotatable bonds is 3. The summed E-state index contributed by atoms with van der Waals surface area (Å²) >= 11 is 11.8. The van der Waals surface area contributed by atoms with Gasteiger partial charge in [0, 0.05) is 22.5 Å². The van der Waals surface area contributed by atoms with E-state index in [0.717, 1.165) is 5.56 Å². The van der Waals surface area contributed by atoms with Gasteiger partial charge in [-0.3, -0.25) is 14.5 Å². The summed E-state index contributed by atoms with van der Waals surface area (Å²) in [5.74, 6) is -0.567. The van der Waals surface area contributed by atoms with Crippen molar-refractivity contribution >= 4 is 46.4 Å². The molecule has 0 bridgehead atoms. The van der Waals surface area contributed by atoms with Gasteiger partial charge >= 0.3 is 0 Å². The van der Waals surface area contributed by atoms with Crippen molar-refractivity contribution in [3.05, 3.63) is 70.2 Å². The highest BCUT2D eigenvalue weighted by atomic mass is 35.5. The fourth-order valence-electron chi connectivity index (χ4n) is 2.65. The first-order valence-electron chi connectivity index (χ1n) is 7.28. The standard InChI is InChI=1S/C18H14Cl2N2O2/c1-10-13-5-3-4-6-14(13)18(24)22(10)11(2)17(23)21-12-7-8-15(19)16(20)9-12/h3-9,11H,1H2,2H3,(H,21,23)/t11-/m0/s1. The first kappa shape index (κ1) is 16.6. The van der Waals surface area contributed by atoms with E-state index in [1.807, 2.05) is 12.1 Å². The quantitative estimate of drug-likeness (QED) is 0.878. The maximum atomic E-state index is 12.6. The third-order valence-electron chi connectivity index (χ3n) is 3.93. The molecule has 1 heterocycles. The lowest BCUT2D eigenvalue weighted by Gasteiger charge is -2.24. The summed E-state index contributed by atoms with van der Waals surface area (Å²) in [6.07, 6.45) is 0. The Labute approximate surface area is 149 Å². The van der Waals surface area contributed by atoms with Crippen LogP contribution in [0.15, 0.2) is 49.0 Å². The Hall–Kier alpha value is -2.30. The van der Waals surface area contributed by atoms with Crippen LogP contribution in [0.1, 0.15) is 22.8 Å². The lowest BCUT2D eigenvalue weighted by molar-refractivity contribution is -0.119. The van der Waals surface area contributed by atoms with Gasteiger partial charge in [0.05, 0.1) is 10.0 Å². The number of carbonyl (C=O) groups excluding carboxylic acids is 2. The van der Waals surface area contributed by atoms with Crippen LogP contribution in [-0.2, 0) is 4.79 Å². The van der Waals surface area contributed by atoms with E-state index in [9.17, 15) is 9.59 Å². The Morgan fingerprint density at radius 1 is 1.12 bits per heavy atom. The molecule has 1 atom stereocenters. The zero-order valence-corrected chi connectivity index (χ0v) is 14.4. The van der Waals surface area contributed by atoms with Crippen molar-refractivity contribution in [2.75, 3.05) is 5.32 Å². The molecule has 6 heteroatoms. The molecule has 0 unspecified atom stereocenters. The number of nitrogens with one attached hydrogen (secondary N) is 1. The van der Waals surface area contributed by atoms with E-state index in [2.05, 4.69) is 11.9 Å². The molecule has 0 saturated carbocycles. The molecular weight excluding hydrogens is 347 g/mol. The first-order chi connectivity index (χ1) is 11.4. The van der Waals surface area contributed by atoms with Crippen LogP contribution < -0.4 is 5.32 Å². The van der Waals surface area contributed by atoms with Gasteiger partial charge < -0.3 is 5.32 Å². The highest BCUT2D eigenvalue weighted by molar-refractivity contribution is 6.42. The molecule has 1 N–H and O–H groups in total. The van der Waals surface area contributed by atoms with Gasteiger partial charge in [-0.1, -0.05) is 48.0 Å². The zero-order valence-electron chi connectivity index (χ0n) is 12.8. The lowest BCUT2D eigenvalue weighted by atomic mass is 10.1. The molecule has 0 spiro atoms. The summed E-state index contributed by atoms with van der Waals surface area (Å²) in [5.41, 5.74) is 2.33. The number of halogens is 2. The summed E-state index contributed by atoms with van der Waals surface area (Å²) in [4.78, 5) is 26.5. The van der Waals surface area contributed by atoms with E-state index >= 15 is 0 Å². The molecule has 0 fully saturated rings. The van der Waals surface area contributed by atoms with Crippen LogP contribution in [0.2, 0.25) is 10.0 Å². The Kier molecular flexibility index (Phi) is 4.35. The Bertz CT molecular complexity index is 829. The van der Waals surface area contributed by atoms with E-state index in [-0.39, 0.29) is 11.8 Å². The average molecular weight is 361 g/mol. The molecular formula is C18H14Cl2N2O2. The van der Waals surface area contributed by atoms with E-state index in [1.165, 1.54) is 4.90 Å². The number of benzene rings is 2. The third-order valence-corrected chi connectivity index (χ3v) is 4.67. The number of fused-ring (bicyclic) bond motifs is 1.